The van der Waals surface area contributed by atoms with E-state index in [4.69, 9.17) is 8.83 Å². The van der Waals surface area contributed by atoms with Crippen LogP contribution in [-0.2, 0) is 16.2 Å². The Hall–Kier alpha value is -6.06. The van der Waals surface area contributed by atoms with Gasteiger partial charge in [-0.05, 0) is 98.0 Å². The van der Waals surface area contributed by atoms with E-state index in [1.807, 2.05) is 12.1 Å². The van der Waals surface area contributed by atoms with Crippen molar-refractivity contribution in [1.29, 1.82) is 0 Å². The molecular formula is C52H43NO2. The summed E-state index contributed by atoms with van der Waals surface area (Å²) in [5.41, 5.74) is 18.6. The van der Waals surface area contributed by atoms with Crippen LogP contribution < -0.4 is 4.90 Å². The van der Waals surface area contributed by atoms with Gasteiger partial charge in [0.25, 0.3) is 0 Å². The molecule has 0 N–H and O–H groups in total. The first-order chi connectivity index (χ1) is 26.4. The molecule has 2 aliphatic carbocycles. The van der Waals surface area contributed by atoms with Crippen molar-refractivity contribution in [3.05, 3.63) is 161 Å². The number of hydrogen-bond acceptors (Lipinski definition) is 3. The van der Waals surface area contributed by atoms with Crippen molar-refractivity contribution >= 4 is 60.9 Å². The van der Waals surface area contributed by atoms with Gasteiger partial charge in [-0.3, -0.25) is 0 Å². The van der Waals surface area contributed by atoms with E-state index in [0.717, 1.165) is 55.3 Å². The van der Waals surface area contributed by atoms with Crippen LogP contribution in [0.3, 0.4) is 0 Å². The highest BCUT2D eigenvalue weighted by Gasteiger charge is 2.50. The molecule has 55 heavy (non-hydrogen) atoms. The predicted octanol–water partition coefficient (Wildman–Crippen LogP) is 14.9. The van der Waals surface area contributed by atoms with Gasteiger partial charge >= 0.3 is 0 Å². The maximum atomic E-state index is 6.62. The Labute approximate surface area is 321 Å². The molecule has 2 heterocycles. The molecule has 0 spiro atoms. The van der Waals surface area contributed by atoms with Crippen LogP contribution in [-0.4, -0.2) is 0 Å². The Morgan fingerprint density at radius 2 is 0.909 bits per heavy atom. The Kier molecular flexibility index (Phi) is 6.35. The van der Waals surface area contributed by atoms with Crippen molar-refractivity contribution in [2.75, 3.05) is 4.90 Å². The summed E-state index contributed by atoms with van der Waals surface area (Å²) in [6.45, 7) is 16.9. The highest BCUT2D eigenvalue weighted by atomic mass is 16.3. The monoisotopic (exact) mass is 713 g/mol. The first kappa shape index (κ1) is 32.4. The molecule has 2 aliphatic rings. The van der Waals surface area contributed by atoms with Crippen molar-refractivity contribution in [2.45, 2.75) is 64.7 Å². The average molecular weight is 714 g/mol. The maximum absolute atomic E-state index is 6.62. The SMILES string of the molecule is CC(C)(C)c1c2c(c(N(c3ccc4c(c3)oc3ccccc34)c3ccc4oc5ccccc5c4c3)c3c1-c1ccccc1C3(C)C)C(C)(C)c1ccccc1-2. The maximum Gasteiger partial charge on any atom is 0.137 e. The van der Waals surface area contributed by atoms with E-state index in [9.17, 15) is 0 Å². The Morgan fingerprint density at radius 3 is 1.51 bits per heavy atom. The fraction of sp³-hybridized carbons (Fsp3) is 0.192. The summed E-state index contributed by atoms with van der Waals surface area (Å²) in [5, 5.41) is 4.47. The molecule has 0 amide bonds. The van der Waals surface area contributed by atoms with Gasteiger partial charge in [-0.15, -0.1) is 0 Å². The summed E-state index contributed by atoms with van der Waals surface area (Å²) in [5.74, 6) is 0. The smallest absolute Gasteiger partial charge is 0.137 e. The zero-order chi connectivity index (χ0) is 37.6. The molecular weight excluding hydrogens is 671 g/mol. The fourth-order valence-corrected chi connectivity index (χ4v) is 10.3. The molecule has 9 aromatic rings. The van der Waals surface area contributed by atoms with Crippen LogP contribution >= 0.6 is 0 Å². The van der Waals surface area contributed by atoms with Crippen LogP contribution in [0.25, 0.3) is 66.1 Å². The van der Waals surface area contributed by atoms with Crippen LogP contribution in [0.5, 0.6) is 0 Å². The van der Waals surface area contributed by atoms with Gasteiger partial charge in [-0.2, -0.15) is 0 Å². The molecule has 0 bridgehead atoms. The number of furan rings is 2. The minimum atomic E-state index is -0.296. The second-order valence-corrected chi connectivity index (χ2v) is 17.7. The molecule has 0 saturated carbocycles. The minimum absolute atomic E-state index is 0.138. The Morgan fingerprint density at radius 1 is 0.455 bits per heavy atom. The van der Waals surface area contributed by atoms with Crippen LogP contribution in [0.15, 0.2) is 142 Å². The van der Waals surface area contributed by atoms with Crippen molar-refractivity contribution in [3.63, 3.8) is 0 Å². The van der Waals surface area contributed by atoms with Gasteiger partial charge < -0.3 is 13.7 Å². The zero-order valence-corrected chi connectivity index (χ0v) is 32.5. The highest BCUT2D eigenvalue weighted by molar-refractivity contribution is 6.10. The third-order valence-corrected chi connectivity index (χ3v) is 12.7. The highest BCUT2D eigenvalue weighted by Crippen LogP contribution is 2.65. The number of fused-ring (bicyclic) bond motifs is 12. The fourth-order valence-electron chi connectivity index (χ4n) is 10.3. The molecule has 3 heteroatoms. The van der Waals surface area contributed by atoms with E-state index < -0.39 is 0 Å². The molecule has 0 radical (unpaired) electrons. The topological polar surface area (TPSA) is 29.5 Å². The van der Waals surface area contributed by atoms with Crippen molar-refractivity contribution in [1.82, 2.24) is 0 Å². The Balaban J connectivity index is 1.34. The van der Waals surface area contributed by atoms with Gasteiger partial charge in [0, 0.05) is 49.8 Å². The number of benzene rings is 7. The van der Waals surface area contributed by atoms with Gasteiger partial charge in [0.2, 0.25) is 0 Å². The number of rotatable bonds is 3. The number of hydrogen-bond donors (Lipinski definition) is 0. The lowest BCUT2D eigenvalue weighted by Crippen LogP contribution is -2.27. The van der Waals surface area contributed by atoms with E-state index in [1.165, 1.54) is 55.8 Å². The minimum Gasteiger partial charge on any atom is -0.456 e. The second kappa shape index (κ2) is 10.8. The summed E-state index contributed by atoms with van der Waals surface area (Å²) in [7, 11) is 0. The molecule has 0 atom stereocenters. The van der Waals surface area contributed by atoms with Gasteiger partial charge in [0.1, 0.15) is 22.3 Å². The molecule has 268 valence electrons. The third kappa shape index (κ3) is 4.27. The normalized spacial score (nSPS) is 15.1. The molecule has 7 aromatic carbocycles. The molecule has 0 unspecified atom stereocenters. The summed E-state index contributed by atoms with van der Waals surface area (Å²) >= 11 is 0. The Bertz CT molecular complexity index is 3000. The standard InChI is InChI=1S/C52H43NO2/c1-50(2,3)46-44-35-18-8-12-20-38(35)51(4,5)47(44)49(48-45(46)36-19-9-13-21-39(36)52(48,6)7)53(30-25-27-42-37(28-30)33-17-11-15-23-41(33)54-42)31-24-26-34-32-16-10-14-22-40(32)55-43(34)29-31/h8-29H,1-7H3. The van der Waals surface area contributed by atoms with Crippen LogP contribution in [0.1, 0.15) is 76.3 Å². The van der Waals surface area contributed by atoms with Crippen molar-refractivity contribution in [3.8, 4) is 22.3 Å². The van der Waals surface area contributed by atoms with Gasteiger partial charge in [-0.25, -0.2) is 0 Å². The predicted molar refractivity (Wildman–Crippen MR) is 230 cm³/mol. The van der Waals surface area contributed by atoms with Gasteiger partial charge in [0.15, 0.2) is 0 Å². The van der Waals surface area contributed by atoms with E-state index in [0.29, 0.717) is 0 Å². The zero-order valence-electron chi connectivity index (χ0n) is 32.5. The van der Waals surface area contributed by atoms with E-state index in [1.54, 1.807) is 0 Å². The second-order valence-electron chi connectivity index (χ2n) is 17.7. The van der Waals surface area contributed by atoms with Crippen LogP contribution in [0.4, 0.5) is 17.1 Å². The first-order valence-electron chi connectivity index (χ1n) is 19.5. The largest absolute Gasteiger partial charge is 0.456 e. The third-order valence-electron chi connectivity index (χ3n) is 12.7. The summed E-state index contributed by atoms with van der Waals surface area (Å²) in [6.07, 6.45) is 0. The quantitative estimate of drug-likeness (QED) is 0.183. The van der Waals surface area contributed by atoms with E-state index >= 15 is 0 Å². The van der Waals surface area contributed by atoms with E-state index in [-0.39, 0.29) is 16.2 Å². The van der Waals surface area contributed by atoms with E-state index in [2.05, 4.69) is 175 Å². The number of para-hydroxylation sites is 2. The van der Waals surface area contributed by atoms with Crippen LogP contribution in [0, 0.1) is 0 Å². The molecule has 0 fully saturated rings. The lowest BCUT2D eigenvalue weighted by atomic mass is 9.71. The molecule has 0 saturated heterocycles. The average Bonchev–Trinajstić information content (AvgIpc) is 3.87. The van der Waals surface area contributed by atoms with Crippen molar-refractivity contribution in [2.24, 2.45) is 0 Å². The molecule has 11 rings (SSSR count). The van der Waals surface area contributed by atoms with Crippen LogP contribution in [0.2, 0.25) is 0 Å². The summed E-state index contributed by atoms with van der Waals surface area (Å²) < 4.78 is 13.0. The molecule has 3 nitrogen and oxygen atoms in total. The summed E-state index contributed by atoms with van der Waals surface area (Å²) in [6, 6.07) is 48.5. The molecule has 2 aromatic heterocycles. The molecule has 0 aliphatic heterocycles. The first-order valence-corrected chi connectivity index (χ1v) is 19.5. The number of nitrogens with zero attached hydrogens (tertiary/aromatic N) is 1. The lowest BCUT2D eigenvalue weighted by molar-refractivity contribution is 0.587. The van der Waals surface area contributed by atoms with Crippen molar-refractivity contribution < 1.29 is 8.83 Å². The van der Waals surface area contributed by atoms with Gasteiger partial charge in [0.05, 0.1) is 5.69 Å². The van der Waals surface area contributed by atoms with Gasteiger partial charge in [-0.1, -0.05) is 133 Å². The lowest BCUT2D eigenvalue weighted by Gasteiger charge is -2.39. The summed E-state index contributed by atoms with van der Waals surface area (Å²) in [4.78, 5) is 2.55. The number of anilines is 3.